The van der Waals surface area contributed by atoms with E-state index in [0.29, 0.717) is 12.2 Å². The second kappa shape index (κ2) is 5.84. The monoisotopic (exact) mass is 262 g/mol. The van der Waals surface area contributed by atoms with E-state index in [4.69, 9.17) is 9.47 Å². The van der Waals surface area contributed by atoms with Crippen molar-refractivity contribution in [1.82, 2.24) is 9.38 Å². The topological polar surface area (TPSA) is 52.8 Å². The van der Waals surface area contributed by atoms with Crippen LogP contribution < -0.4 is 0 Å². The van der Waals surface area contributed by atoms with Crippen LogP contribution in [0.15, 0.2) is 30.9 Å². The van der Waals surface area contributed by atoms with Crippen molar-refractivity contribution in [3.05, 3.63) is 36.4 Å². The lowest BCUT2D eigenvalue weighted by Crippen LogP contribution is -2.28. The molecule has 0 N–H and O–H groups in total. The molecule has 19 heavy (non-hydrogen) atoms. The molecule has 0 amide bonds. The molecule has 5 nitrogen and oxygen atoms in total. The van der Waals surface area contributed by atoms with Crippen molar-refractivity contribution in [2.75, 3.05) is 13.7 Å². The van der Waals surface area contributed by atoms with Crippen LogP contribution in [-0.4, -0.2) is 35.2 Å². The number of nitrogens with zero attached hydrogens (tertiary/aromatic N) is 2. The van der Waals surface area contributed by atoms with Gasteiger partial charge in [-0.3, -0.25) is 0 Å². The van der Waals surface area contributed by atoms with Crippen molar-refractivity contribution in [1.29, 1.82) is 0 Å². The number of aromatic nitrogens is 2. The molecule has 0 saturated heterocycles. The van der Waals surface area contributed by atoms with Crippen LogP contribution in [0.25, 0.3) is 5.52 Å². The smallest absolute Gasteiger partial charge is 0.338 e. The Kier molecular flexibility index (Phi) is 4.16. The van der Waals surface area contributed by atoms with Crippen molar-refractivity contribution in [3.8, 4) is 0 Å². The summed E-state index contributed by atoms with van der Waals surface area (Å²) in [6.45, 7) is 4.40. The van der Waals surface area contributed by atoms with Gasteiger partial charge < -0.3 is 13.9 Å². The normalized spacial score (nSPS) is 12.8. The first-order valence-corrected chi connectivity index (χ1v) is 6.23. The number of esters is 1. The summed E-state index contributed by atoms with van der Waals surface area (Å²) in [5.41, 5.74) is 1.39. The van der Waals surface area contributed by atoms with Crippen molar-refractivity contribution >= 4 is 11.5 Å². The van der Waals surface area contributed by atoms with Gasteiger partial charge in [0.1, 0.15) is 6.10 Å². The number of methoxy groups -OCH3 is 1. The van der Waals surface area contributed by atoms with E-state index in [1.54, 1.807) is 38.0 Å². The Morgan fingerprint density at radius 2 is 2.26 bits per heavy atom. The molecule has 0 unspecified atom stereocenters. The van der Waals surface area contributed by atoms with Gasteiger partial charge in [0, 0.05) is 13.3 Å². The Bertz CT molecular complexity index is 563. The summed E-state index contributed by atoms with van der Waals surface area (Å²) in [5, 5.41) is 0. The molecule has 5 heteroatoms. The summed E-state index contributed by atoms with van der Waals surface area (Å²) in [4.78, 5) is 16.1. The fourth-order valence-corrected chi connectivity index (χ4v) is 1.78. The minimum atomic E-state index is -0.334. The van der Waals surface area contributed by atoms with Crippen LogP contribution in [0.4, 0.5) is 0 Å². The first-order chi connectivity index (χ1) is 9.11. The number of hydrogen-bond donors (Lipinski definition) is 0. The predicted octanol–water partition coefficient (Wildman–Crippen LogP) is 2.16. The fourth-order valence-electron chi connectivity index (χ4n) is 1.78. The number of fused-ring (bicyclic) bond motifs is 1. The highest BCUT2D eigenvalue weighted by Crippen LogP contribution is 2.13. The van der Waals surface area contributed by atoms with Crippen LogP contribution in [0.2, 0.25) is 0 Å². The van der Waals surface area contributed by atoms with Gasteiger partial charge in [0.15, 0.2) is 0 Å². The minimum Gasteiger partial charge on any atom is -0.456 e. The molecular formula is C14H18N2O3. The van der Waals surface area contributed by atoms with E-state index in [0.717, 1.165) is 5.52 Å². The van der Waals surface area contributed by atoms with Gasteiger partial charge in [-0.15, -0.1) is 0 Å². The lowest BCUT2D eigenvalue weighted by molar-refractivity contribution is -0.0102. The predicted molar refractivity (Wildman–Crippen MR) is 71.1 cm³/mol. The molecule has 0 bridgehead atoms. The van der Waals surface area contributed by atoms with Gasteiger partial charge in [-0.2, -0.15) is 0 Å². The zero-order valence-electron chi connectivity index (χ0n) is 11.4. The molecular weight excluding hydrogens is 244 g/mol. The van der Waals surface area contributed by atoms with E-state index < -0.39 is 0 Å². The average molecular weight is 262 g/mol. The Hall–Kier alpha value is -1.88. The highest BCUT2D eigenvalue weighted by Gasteiger charge is 2.19. The quantitative estimate of drug-likeness (QED) is 0.775. The number of pyridine rings is 1. The molecule has 0 aliphatic rings. The Morgan fingerprint density at radius 3 is 2.95 bits per heavy atom. The van der Waals surface area contributed by atoms with Crippen LogP contribution in [0.5, 0.6) is 0 Å². The van der Waals surface area contributed by atoms with Gasteiger partial charge in [0.2, 0.25) is 0 Å². The highest BCUT2D eigenvalue weighted by molar-refractivity contribution is 5.90. The van der Waals surface area contributed by atoms with Crippen LogP contribution in [-0.2, 0) is 9.47 Å². The molecule has 102 valence electrons. The summed E-state index contributed by atoms with van der Waals surface area (Å²) in [5.74, 6) is -0.123. The maximum Gasteiger partial charge on any atom is 0.338 e. The zero-order chi connectivity index (χ0) is 13.8. The molecule has 0 aromatic carbocycles. The highest BCUT2D eigenvalue weighted by atomic mass is 16.6. The summed E-state index contributed by atoms with van der Waals surface area (Å²) >= 11 is 0. The molecule has 2 heterocycles. The van der Waals surface area contributed by atoms with Crippen LogP contribution in [0.1, 0.15) is 24.2 Å². The first kappa shape index (κ1) is 13.5. The number of hydrogen-bond acceptors (Lipinski definition) is 4. The van der Waals surface area contributed by atoms with E-state index >= 15 is 0 Å². The molecule has 0 fully saturated rings. The first-order valence-electron chi connectivity index (χ1n) is 6.23. The third-order valence-electron chi connectivity index (χ3n) is 2.98. The lowest BCUT2D eigenvalue weighted by Gasteiger charge is -2.20. The van der Waals surface area contributed by atoms with Crippen molar-refractivity contribution in [2.24, 2.45) is 5.92 Å². The number of carbonyl (C=O) groups is 1. The molecule has 0 aliphatic carbocycles. The SMILES string of the molecule is COC[C@@H](OC(=O)c1ccn2cncc2c1)C(C)C. The molecule has 2 aromatic rings. The maximum absolute atomic E-state index is 12.1. The molecule has 1 atom stereocenters. The van der Waals surface area contributed by atoms with Crippen LogP contribution >= 0.6 is 0 Å². The molecule has 0 spiro atoms. The van der Waals surface area contributed by atoms with Crippen LogP contribution in [0, 0.1) is 5.92 Å². The third-order valence-corrected chi connectivity index (χ3v) is 2.98. The van der Waals surface area contributed by atoms with E-state index in [1.165, 1.54) is 0 Å². The molecule has 2 aromatic heterocycles. The van der Waals surface area contributed by atoms with Gasteiger partial charge in [-0.05, 0) is 18.1 Å². The van der Waals surface area contributed by atoms with E-state index in [1.807, 2.05) is 18.2 Å². The van der Waals surface area contributed by atoms with E-state index in [-0.39, 0.29) is 18.0 Å². The van der Waals surface area contributed by atoms with Crippen molar-refractivity contribution in [2.45, 2.75) is 20.0 Å². The summed E-state index contributed by atoms with van der Waals surface area (Å²) in [6, 6.07) is 3.49. The molecule has 2 rings (SSSR count). The standard InChI is InChI=1S/C14H18N2O3/c1-10(2)13(8-18-3)19-14(17)11-4-5-16-9-15-7-12(16)6-11/h4-7,9-10,13H,8H2,1-3H3/t13-/m1/s1. The average Bonchev–Trinajstić information content (AvgIpc) is 2.85. The summed E-state index contributed by atoms with van der Waals surface area (Å²) < 4.78 is 12.4. The molecule has 0 radical (unpaired) electrons. The Labute approximate surface area is 112 Å². The Morgan fingerprint density at radius 1 is 1.47 bits per heavy atom. The minimum absolute atomic E-state index is 0.211. The lowest BCUT2D eigenvalue weighted by atomic mass is 10.1. The van der Waals surface area contributed by atoms with E-state index in [2.05, 4.69) is 4.98 Å². The Balaban J connectivity index is 2.13. The van der Waals surface area contributed by atoms with Gasteiger partial charge >= 0.3 is 5.97 Å². The molecule has 0 aliphatic heterocycles. The molecule has 0 saturated carbocycles. The van der Waals surface area contributed by atoms with Gasteiger partial charge in [0.25, 0.3) is 0 Å². The van der Waals surface area contributed by atoms with Crippen LogP contribution in [0.3, 0.4) is 0 Å². The maximum atomic E-state index is 12.1. The summed E-state index contributed by atoms with van der Waals surface area (Å²) in [7, 11) is 1.60. The fraction of sp³-hybridized carbons (Fsp3) is 0.429. The largest absolute Gasteiger partial charge is 0.456 e. The van der Waals surface area contributed by atoms with Crippen molar-refractivity contribution < 1.29 is 14.3 Å². The second-order valence-corrected chi connectivity index (χ2v) is 4.78. The zero-order valence-corrected chi connectivity index (χ0v) is 11.4. The van der Waals surface area contributed by atoms with E-state index in [9.17, 15) is 4.79 Å². The number of imidazole rings is 1. The number of rotatable bonds is 5. The number of carbonyl (C=O) groups excluding carboxylic acids is 1. The van der Waals surface area contributed by atoms with Crippen molar-refractivity contribution in [3.63, 3.8) is 0 Å². The van der Waals surface area contributed by atoms with Gasteiger partial charge in [0.05, 0.1) is 30.2 Å². The van der Waals surface area contributed by atoms with Gasteiger partial charge in [-0.1, -0.05) is 13.8 Å². The second-order valence-electron chi connectivity index (χ2n) is 4.78. The third kappa shape index (κ3) is 3.12. The summed E-state index contributed by atoms with van der Waals surface area (Å²) in [6.07, 6.45) is 4.94. The van der Waals surface area contributed by atoms with Gasteiger partial charge in [-0.25, -0.2) is 9.78 Å². The number of ether oxygens (including phenoxy) is 2.